The van der Waals surface area contributed by atoms with Gasteiger partial charge in [0.15, 0.2) is 0 Å². The molecule has 0 radical (unpaired) electrons. The third-order valence-corrected chi connectivity index (χ3v) is 4.16. The number of carbonyl (C=O) groups excluding carboxylic acids is 2. The molecule has 1 aliphatic heterocycles. The molecule has 0 spiro atoms. The molecule has 108 valence electrons. The van der Waals surface area contributed by atoms with Gasteiger partial charge in [0.25, 0.3) is 0 Å². The van der Waals surface area contributed by atoms with Crippen LogP contribution in [0.4, 0.5) is 10.5 Å². The van der Waals surface area contributed by atoms with Crippen molar-refractivity contribution in [2.75, 3.05) is 18.4 Å². The van der Waals surface area contributed by atoms with Crippen LogP contribution in [-0.2, 0) is 11.8 Å². The predicted molar refractivity (Wildman–Crippen MR) is 73.1 cm³/mol. The summed E-state index contributed by atoms with van der Waals surface area (Å²) < 4.78 is 1.73. The number of hydrogen-bond donors (Lipinski definition) is 2. The zero-order chi connectivity index (χ0) is 14.3. The number of primary amides is 1. The third kappa shape index (κ3) is 2.23. The van der Waals surface area contributed by atoms with Crippen LogP contribution in [0.2, 0.25) is 0 Å². The van der Waals surface area contributed by atoms with Crippen molar-refractivity contribution < 1.29 is 9.59 Å². The van der Waals surface area contributed by atoms with Crippen LogP contribution in [0.3, 0.4) is 0 Å². The van der Waals surface area contributed by atoms with Gasteiger partial charge in [-0.2, -0.15) is 5.10 Å². The molecule has 1 saturated heterocycles. The van der Waals surface area contributed by atoms with E-state index in [2.05, 4.69) is 10.4 Å². The number of aromatic nitrogens is 2. The average molecular weight is 277 g/mol. The summed E-state index contributed by atoms with van der Waals surface area (Å²) in [7, 11) is 1.85. The maximum atomic E-state index is 12.1. The first-order valence-corrected chi connectivity index (χ1v) is 6.93. The monoisotopic (exact) mass is 277 g/mol. The number of aryl methyl sites for hydroxylation is 1. The lowest BCUT2D eigenvalue weighted by Gasteiger charge is -2.37. The van der Waals surface area contributed by atoms with Gasteiger partial charge in [-0.3, -0.25) is 9.48 Å². The highest BCUT2D eigenvalue weighted by Gasteiger charge is 2.35. The number of urea groups is 1. The molecule has 3 amide bonds. The third-order valence-electron chi connectivity index (χ3n) is 4.16. The fourth-order valence-electron chi connectivity index (χ4n) is 2.60. The zero-order valence-corrected chi connectivity index (χ0v) is 11.5. The van der Waals surface area contributed by atoms with Crippen molar-refractivity contribution in [3.63, 3.8) is 0 Å². The largest absolute Gasteiger partial charge is 0.369 e. The fraction of sp³-hybridized carbons (Fsp3) is 0.615. The second-order valence-corrected chi connectivity index (χ2v) is 5.66. The zero-order valence-electron chi connectivity index (χ0n) is 11.5. The van der Waals surface area contributed by atoms with Gasteiger partial charge in [-0.15, -0.1) is 0 Å². The van der Waals surface area contributed by atoms with Gasteiger partial charge in [-0.25, -0.2) is 4.79 Å². The van der Waals surface area contributed by atoms with Crippen molar-refractivity contribution in [1.29, 1.82) is 0 Å². The maximum absolute atomic E-state index is 12.1. The molecule has 1 aliphatic carbocycles. The van der Waals surface area contributed by atoms with Crippen LogP contribution in [0.1, 0.15) is 30.9 Å². The van der Waals surface area contributed by atoms with E-state index in [9.17, 15) is 9.59 Å². The number of hydrogen-bond acceptors (Lipinski definition) is 3. The molecule has 1 aromatic rings. The van der Waals surface area contributed by atoms with E-state index in [1.54, 1.807) is 9.58 Å². The van der Waals surface area contributed by atoms with Crippen LogP contribution in [0.5, 0.6) is 0 Å². The number of nitrogens with zero attached hydrogens (tertiary/aromatic N) is 3. The van der Waals surface area contributed by atoms with Crippen LogP contribution in [0.25, 0.3) is 0 Å². The molecule has 20 heavy (non-hydrogen) atoms. The topological polar surface area (TPSA) is 93.3 Å². The van der Waals surface area contributed by atoms with Gasteiger partial charge in [0.1, 0.15) is 0 Å². The second-order valence-electron chi connectivity index (χ2n) is 5.66. The highest BCUT2D eigenvalue weighted by Crippen LogP contribution is 2.39. The average Bonchev–Trinajstić information content (AvgIpc) is 2.53. The van der Waals surface area contributed by atoms with Crippen molar-refractivity contribution in [2.24, 2.45) is 18.7 Å². The molecule has 3 rings (SSSR count). The smallest absolute Gasteiger partial charge is 0.321 e. The first-order valence-electron chi connectivity index (χ1n) is 6.93. The number of carbonyl (C=O) groups is 2. The van der Waals surface area contributed by atoms with Crippen LogP contribution in [0.15, 0.2) is 6.20 Å². The van der Waals surface area contributed by atoms with E-state index in [4.69, 9.17) is 5.73 Å². The molecule has 1 saturated carbocycles. The van der Waals surface area contributed by atoms with Crippen molar-refractivity contribution >= 4 is 17.6 Å². The van der Waals surface area contributed by atoms with Crippen molar-refractivity contribution in [1.82, 2.24) is 14.7 Å². The number of anilines is 1. The Morgan fingerprint density at radius 1 is 1.40 bits per heavy atom. The molecule has 2 heterocycles. The number of likely N-dealkylation sites (tertiary alicyclic amines) is 1. The molecule has 0 atom stereocenters. The van der Waals surface area contributed by atoms with Crippen LogP contribution < -0.4 is 11.1 Å². The first-order chi connectivity index (χ1) is 9.54. The summed E-state index contributed by atoms with van der Waals surface area (Å²) in [6.45, 7) is 0.806. The minimum Gasteiger partial charge on any atom is -0.369 e. The SMILES string of the molecule is Cn1cc(NC(=O)N2CC(C(N)=O)C2)c(C2CCC2)n1. The van der Waals surface area contributed by atoms with E-state index in [0.717, 1.165) is 24.2 Å². The second kappa shape index (κ2) is 4.81. The van der Waals surface area contributed by atoms with Crippen LogP contribution in [-0.4, -0.2) is 39.7 Å². The Labute approximate surface area is 117 Å². The Balaban J connectivity index is 1.63. The molecule has 1 aromatic heterocycles. The molecule has 0 bridgehead atoms. The van der Waals surface area contributed by atoms with Gasteiger partial charge in [-0.1, -0.05) is 6.42 Å². The summed E-state index contributed by atoms with van der Waals surface area (Å²) in [4.78, 5) is 24.6. The van der Waals surface area contributed by atoms with Gasteiger partial charge in [-0.05, 0) is 12.8 Å². The van der Waals surface area contributed by atoms with Gasteiger partial charge in [0.2, 0.25) is 5.91 Å². The Morgan fingerprint density at radius 2 is 2.10 bits per heavy atom. The fourth-order valence-corrected chi connectivity index (χ4v) is 2.60. The Bertz CT molecular complexity index is 543. The summed E-state index contributed by atoms with van der Waals surface area (Å²) >= 11 is 0. The normalized spacial score (nSPS) is 19.4. The molecule has 3 N–H and O–H groups in total. The van der Waals surface area contributed by atoms with E-state index >= 15 is 0 Å². The van der Waals surface area contributed by atoms with E-state index in [0.29, 0.717) is 19.0 Å². The molecule has 7 nitrogen and oxygen atoms in total. The van der Waals surface area contributed by atoms with Gasteiger partial charge < -0.3 is 16.0 Å². The van der Waals surface area contributed by atoms with Crippen LogP contribution >= 0.6 is 0 Å². The summed E-state index contributed by atoms with van der Waals surface area (Å²) in [5.41, 5.74) is 6.95. The summed E-state index contributed by atoms with van der Waals surface area (Å²) in [6, 6.07) is -0.184. The Hall–Kier alpha value is -2.05. The number of amides is 3. The lowest BCUT2D eigenvalue weighted by molar-refractivity contribution is -0.125. The lowest BCUT2D eigenvalue weighted by atomic mass is 9.82. The summed E-state index contributed by atoms with van der Waals surface area (Å²) in [6.07, 6.45) is 5.32. The van der Waals surface area contributed by atoms with Crippen molar-refractivity contribution in [3.8, 4) is 0 Å². The van der Waals surface area contributed by atoms with E-state index < -0.39 is 0 Å². The number of nitrogens with one attached hydrogen (secondary N) is 1. The molecule has 0 aromatic carbocycles. The van der Waals surface area contributed by atoms with Crippen molar-refractivity contribution in [2.45, 2.75) is 25.2 Å². The minimum absolute atomic E-state index is 0.184. The predicted octanol–water partition coefficient (Wildman–Crippen LogP) is 0.637. The van der Waals surface area contributed by atoms with E-state index in [1.807, 2.05) is 13.2 Å². The number of nitrogens with two attached hydrogens (primary N) is 1. The molecule has 0 unspecified atom stereocenters. The summed E-state index contributed by atoms with van der Waals surface area (Å²) in [5, 5.41) is 7.33. The first kappa shape index (κ1) is 13.0. The van der Waals surface area contributed by atoms with Gasteiger partial charge >= 0.3 is 6.03 Å². The molecular weight excluding hydrogens is 258 g/mol. The molecule has 2 aliphatic rings. The van der Waals surface area contributed by atoms with Crippen molar-refractivity contribution in [3.05, 3.63) is 11.9 Å². The van der Waals surface area contributed by atoms with Gasteiger partial charge in [0.05, 0.1) is 17.3 Å². The van der Waals surface area contributed by atoms with Crippen LogP contribution in [0, 0.1) is 5.92 Å². The van der Waals surface area contributed by atoms with E-state index in [1.165, 1.54) is 6.42 Å². The Kier molecular flexibility index (Phi) is 3.11. The Morgan fingerprint density at radius 3 is 2.65 bits per heavy atom. The molecular formula is C13H19N5O2. The lowest BCUT2D eigenvalue weighted by Crippen LogP contribution is -2.56. The van der Waals surface area contributed by atoms with Gasteiger partial charge in [0, 0.05) is 32.3 Å². The number of rotatable bonds is 3. The maximum Gasteiger partial charge on any atom is 0.321 e. The minimum atomic E-state index is -0.342. The molecule has 7 heteroatoms. The highest BCUT2D eigenvalue weighted by atomic mass is 16.2. The quantitative estimate of drug-likeness (QED) is 0.849. The highest BCUT2D eigenvalue weighted by molar-refractivity contribution is 5.92. The van der Waals surface area contributed by atoms with E-state index in [-0.39, 0.29) is 17.9 Å². The molecule has 2 fully saturated rings. The summed E-state index contributed by atoms with van der Waals surface area (Å²) in [5.74, 6) is -0.0902. The standard InChI is InChI=1S/C13H19N5O2/c1-17-7-10(11(16-17)8-3-2-4-8)15-13(20)18-5-9(6-18)12(14)19/h7-9H,2-6H2,1H3,(H2,14,19)(H,15,20).